The number of nitrogen functional groups attached to an aromatic ring is 1. The summed E-state index contributed by atoms with van der Waals surface area (Å²) in [5, 5.41) is 0. The summed E-state index contributed by atoms with van der Waals surface area (Å²) >= 11 is 1.44. The second-order valence-corrected chi connectivity index (χ2v) is 5.52. The number of anilines is 1. The molecule has 0 bridgehead atoms. The van der Waals surface area contributed by atoms with Crippen molar-refractivity contribution in [2.75, 3.05) is 12.3 Å². The number of aryl methyl sites for hydroxylation is 1. The zero-order chi connectivity index (χ0) is 13.8. The van der Waals surface area contributed by atoms with Crippen LogP contribution < -0.4 is 5.73 Å². The molecule has 0 radical (unpaired) electrons. The van der Waals surface area contributed by atoms with Crippen LogP contribution in [0.15, 0.2) is 30.5 Å². The monoisotopic (exact) mass is 275 g/mol. The maximum Gasteiger partial charge on any atom is 0.264 e. The molecule has 1 amide bonds. The van der Waals surface area contributed by atoms with Crippen LogP contribution in [0, 0.1) is 6.92 Å². The maximum atomic E-state index is 12.4. The highest BCUT2D eigenvalue weighted by molar-refractivity contribution is 7.14. The Labute approximate surface area is 116 Å². The molecule has 2 rings (SSSR count). The second kappa shape index (κ2) is 5.84. The summed E-state index contributed by atoms with van der Waals surface area (Å²) in [6.45, 7) is 5.05. The van der Waals surface area contributed by atoms with Gasteiger partial charge in [-0.3, -0.25) is 9.78 Å². The van der Waals surface area contributed by atoms with Gasteiger partial charge in [0.25, 0.3) is 5.91 Å². The van der Waals surface area contributed by atoms with E-state index in [4.69, 9.17) is 5.73 Å². The number of amides is 1. The van der Waals surface area contributed by atoms with E-state index < -0.39 is 0 Å². The minimum absolute atomic E-state index is 0.0120. The van der Waals surface area contributed by atoms with Crippen LogP contribution in [0.2, 0.25) is 0 Å². The Kier molecular flexibility index (Phi) is 4.16. The lowest BCUT2D eigenvalue weighted by molar-refractivity contribution is 0.0755. The Balaban J connectivity index is 2.15. The van der Waals surface area contributed by atoms with Crippen molar-refractivity contribution >= 4 is 22.9 Å². The third kappa shape index (κ3) is 3.12. The highest BCUT2D eigenvalue weighted by atomic mass is 32.1. The Hall–Kier alpha value is -1.88. The molecular weight excluding hydrogens is 258 g/mol. The lowest BCUT2D eigenvalue weighted by Gasteiger charge is -2.19. The molecule has 0 fully saturated rings. The fourth-order valence-electron chi connectivity index (χ4n) is 1.77. The molecular formula is C14H17N3OS. The van der Waals surface area contributed by atoms with Crippen LogP contribution in [0.25, 0.3) is 0 Å². The number of pyridine rings is 1. The third-order valence-corrected chi connectivity index (χ3v) is 3.97. The molecule has 0 saturated carbocycles. The van der Waals surface area contributed by atoms with E-state index in [9.17, 15) is 4.79 Å². The number of rotatable bonds is 4. The summed E-state index contributed by atoms with van der Waals surface area (Å²) in [6.07, 6.45) is 1.74. The largest absolute Gasteiger partial charge is 0.398 e. The van der Waals surface area contributed by atoms with Crippen LogP contribution >= 0.6 is 11.3 Å². The Morgan fingerprint density at radius 3 is 2.79 bits per heavy atom. The van der Waals surface area contributed by atoms with Crippen molar-refractivity contribution in [3.63, 3.8) is 0 Å². The predicted molar refractivity (Wildman–Crippen MR) is 78.1 cm³/mol. The van der Waals surface area contributed by atoms with Crippen molar-refractivity contribution in [3.8, 4) is 0 Å². The number of nitrogens with zero attached hydrogens (tertiary/aromatic N) is 2. The number of carbonyl (C=O) groups excluding carboxylic acids is 1. The topological polar surface area (TPSA) is 59.2 Å². The first-order valence-electron chi connectivity index (χ1n) is 6.17. The van der Waals surface area contributed by atoms with E-state index in [2.05, 4.69) is 4.98 Å². The van der Waals surface area contributed by atoms with Gasteiger partial charge in [-0.25, -0.2) is 0 Å². The molecule has 0 spiro atoms. The molecule has 19 heavy (non-hydrogen) atoms. The van der Waals surface area contributed by atoms with Crippen molar-refractivity contribution in [2.24, 2.45) is 0 Å². The Bertz CT molecular complexity index is 546. The molecule has 100 valence electrons. The summed E-state index contributed by atoms with van der Waals surface area (Å²) in [4.78, 5) is 20.1. The normalized spacial score (nSPS) is 10.4. The van der Waals surface area contributed by atoms with Gasteiger partial charge >= 0.3 is 0 Å². The molecule has 0 aliphatic rings. The summed E-state index contributed by atoms with van der Waals surface area (Å²) in [7, 11) is 0. The lowest BCUT2D eigenvalue weighted by Crippen LogP contribution is -2.30. The van der Waals surface area contributed by atoms with E-state index in [1.54, 1.807) is 17.2 Å². The van der Waals surface area contributed by atoms with Gasteiger partial charge in [0, 0.05) is 23.3 Å². The average molecular weight is 275 g/mol. The SMILES string of the molecule is CCN(Cc1ccccn1)C(=O)c1cc(N)c(C)s1. The van der Waals surface area contributed by atoms with Gasteiger partial charge in [0.2, 0.25) is 0 Å². The van der Waals surface area contributed by atoms with Gasteiger partial charge in [0.05, 0.1) is 17.1 Å². The van der Waals surface area contributed by atoms with Crippen LogP contribution in [0.1, 0.15) is 27.2 Å². The van der Waals surface area contributed by atoms with Gasteiger partial charge in [0.15, 0.2) is 0 Å². The van der Waals surface area contributed by atoms with E-state index in [1.807, 2.05) is 32.0 Å². The van der Waals surface area contributed by atoms with Gasteiger partial charge in [0.1, 0.15) is 0 Å². The maximum absolute atomic E-state index is 12.4. The van der Waals surface area contributed by atoms with Crippen LogP contribution in [-0.2, 0) is 6.54 Å². The minimum atomic E-state index is 0.0120. The summed E-state index contributed by atoms with van der Waals surface area (Å²) < 4.78 is 0. The van der Waals surface area contributed by atoms with Crippen molar-refractivity contribution < 1.29 is 4.79 Å². The second-order valence-electron chi connectivity index (χ2n) is 4.26. The number of hydrogen-bond acceptors (Lipinski definition) is 4. The quantitative estimate of drug-likeness (QED) is 0.933. The molecule has 0 unspecified atom stereocenters. The molecule has 0 aromatic carbocycles. The molecule has 0 aliphatic heterocycles. The van der Waals surface area contributed by atoms with E-state index in [1.165, 1.54) is 11.3 Å². The van der Waals surface area contributed by atoms with Gasteiger partial charge in [-0.05, 0) is 32.0 Å². The highest BCUT2D eigenvalue weighted by Gasteiger charge is 2.17. The van der Waals surface area contributed by atoms with E-state index in [0.717, 1.165) is 10.6 Å². The zero-order valence-electron chi connectivity index (χ0n) is 11.1. The van der Waals surface area contributed by atoms with E-state index >= 15 is 0 Å². The van der Waals surface area contributed by atoms with Crippen molar-refractivity contribution in [1.82, 2.24) is 9.88 Å². The first-order chi connectivity index (χ1) is 9.11. The molecule has 2 aromatic heterocycles. The number of aromatic nitrogens is 1. The third-order valence-electron chi connectivity index (χ3n) is 2.91. The van der Waals surface area contributed by atoms with E-state index in [0.29, 0.717) is 23.7 Å². The van der Waals surface area contributed by atoms with Crippen molar-refractivity contribution in [1.29, 1.82) is 0 Å². The molecule has 2 aromatic rings. The Morgan fingerprint density at radius 1 is 1.47 bits per heavy atom. The van der Waals surface area contributed by atoms with Gasteiger partial charge in [-0.15, -0.1) is 11.3 Å². The van der Waals surface area contributed by atoms with Crippen LogP contribution in [0.3, 0.4) is 0 Å². The summed E-state index contributed by atoms with van der Waals surface area (Å²) in [6, 6.07) is 7.46. The zero-order valence-corrected chi connectivity index (χ0v) is 11.9. The molecule has 2 heterocycles. The molecule has 5 heteroatoms. The van der Waals surface area contributed by atoms with Gasteiger partial charge in [-0.2, -0.15) is 0 Å². The summed E-state index contributed by atoms with van der Waals surface area (Å²) in [5.74, 6) is 0.0120. The van der Waals surface area contributed by atoms with Crippen LogP contribution in [-0.4, -0.2) is 22.3 Å². The molecule has 0 saturated heterocycles. The van der Waals surface area contributed by atoms with Gasteiger partial charge in [-0.1, -0.05) is 6.07 Å². The fraction of sp³-hybridized carbons (Fsp3) is 0.286. The Morgan fingerprint density at radius 2 is 2.26 bits per heavy atom. The number of nitrogens with two attached hydrogens (primary N) is 1. The first-order valence-corrected chi connectivity index (χ1v) is 6.98. The number of carbonyl (C=O) groups is 1. The number of thiophene rings is 1. The summed E-state index contributed by atoms with van der Waals surface area (Å²) in [5.41, 5.74) is 7.37. The lowest BCUT2D eigenvalue weighted by atomic mass is 10.3. The predicted octanol–water partition coefficient (Wildman–Crippen LogP) is 2.70. The average Bonchev–Trinajstić information content (AvgIpc) is 2.76. The van der Waals surface area contributed by atoms with Gasteiger partial charge < -0.3 is 10.6 Å². The molecule has 0 atom stereocenters. The first kappa shape index (κ1) is 13.5. The van der Waals surface area contributed by atoms with Crippen molar-refractivity contribution in [2.45, 2.75) is 20.4 Å². The smallest absolute Gasteiger partial charge is 0.264 e. The molecule has 2 N–H and O–H groups in total. The van der Waals surface area contributed by atoms with Crippen LogP contribution in [0.5, 0.6) is 0 Å². The molecule has 4 nitrogen and oxygen atoms in total. The standard InChI is InChI=1S/C14H17N3OS/c1-3-17(9-11-6-4-5-7-16-11)14(18)13-8-12(15)10(2)19-13/h4-8H,3,9,15H2,1-2H3. The fourth-order valence-corrected chi connectivity index (χ4v) is 2.68. The molecule has 0 aliphatic carbocycles. The van der Waals surface area contributed by atoms with Crippen molar-refractivity contribution in [3.05, 3.63) is 45.9 Å². The number of hydrogen-bond donors (Lipinski definition) is 1. The minimum Gasteiger partial charge on any atom is -0.398 e. The highest BCUT2D eigenvalue weighted by Crippen LogP contribution is 2.25. The van der Waals surface area contributed by atoms with E-state index in [-0.39, 0.29) is 5.91 Å². The van der Waals surface area contributed by atoms with Crippen LogP contribution in [0.4, 0.5) is 5.69 Å².